The highest BCUT2D eigenvalue weighted by Crippen LogP contribution is 2.49. The summed E-state index contributed by atoms with van der Waals surface area (Å²) in [7, 11) is -3.99. The van der Waals surface area contributed by atoms with E-state index < -0.39 is 21.5 Å². The van der Waals surface area contributed by atoms with Crippen LogP contribution < -0.4 is 4.72 Å². The highest BCUT2D eigenvalue weighted by atomic mass is 32.2. The van der Waals surface area contributed by atoms with Gasteiger partial charge >= 0.3 is 0 Å². The lowest BCUT2D eigenvalue weighted by Crippen LogP contribution is -2.53. The van der Waals surface area contributed by atoms with Crippen molar-refractivity contribution in [2.75, 3.05) is 0 Å². The van der Waals surface area contributed by atoms with Gasteiger partial charge in [0, 0.05) is 5.92 Å². The molecule has 37 heavy (non-hydrogen) atoms. The van der Waals surface area contributed by atoms with E-state index in [0.717, 1.165) is 34.1 Å². The highest BCUT2D eigenvalue weighted by Gasteiger charge is 2.49. The van der Waals surface area contributed by atoms with Crippen LogP contribution in [0.4, 0.5) is 0 Å². The molecule has 4 aromatic rings. The summed E-state index contributed by atoms with van der Waals surface area (Å²) in [6.07, 6.45) is 3.49. The van der Waals surface area contributed by atoms with Crippen molar-refractivity contribution in [3.8, 4) is 0 Å². The lowest BCUT2D eigenvalue weighted by atomic mass is 9.64. The second-order valence-corrected chi connectivity index (χ2v) is 11.3. The zero-order valence-electron chi connectivity index (χ0n) is 20.6. The Hall–Kier alpha value is -3.80. The minimum Gasteiger partial charge on any atom is -0.303 e. The van der Waals surface area contributed by atoms with Crippen LogP contribution >= 0.6 is 0 Å². The Kier molecular flexibility index (Phi) is 6.92. The summed E-state index contributed by atoms with van der Waals surface area (Å²) in [5.41, 5.74) is 3.38. The van der Waals surface area contributed by atoms with Crippen LogP contribution in [0.5, 0.6) is 0 Å². The molecule has 0 bridgehead atoms. The van der Waals surface area contributed by atoms with Crippen molar-refractivity contribution in [2.45, 2.75) is 29.7 Å². The van der Waals surface area contributed by atoms with Crippen LogP contribution in [0.3, 0.4) is 0 Å². The van der Waals surface area contributed by atoms with Crippen molar-refractivity contribution >= 4 is 21.9 Å². The van der Waals surface area contributed by atoms with E-state index in [4.69, 9.17) is 0 Å². The molecule has 1 aliphatic carbocycles. The topological polar surface area (TPSA) is 63.2 Å². The molecule has 5 heteroatoms. The number of aryl methyl sites for hydroxylation is 1. The molecule has 3 atom stereocenters. The number of carbonyl (C=O) groups is 1. The minimum absolute atomic E-state index is 0.162. The summed E-state index contributed by atoms with van der Waals surface area (Å²) in [5, 5.41) is 0. The predicted molar refractivity (Wildman–Crippen MR) is 147 cm³/mol. The monoisotopic (exact) mass is 507 g/mol. The van der Waals surface area contributed by atoms with E-state index >= 15 is 0 Å². The van der Waals surface area contributed by atoms with Crippen molar-refractivity contribution in [2.24, 2.45) is 5.92 Å². The fraction of sp³-hybridized carbons (Fsp3) is 0.156. The number of sulfonamides is 1. The van der Waals surface area contributed by atoms with E-state index in [1.165, 1.54) is 0 Å². The molecule has 0 fully saturated rings. The molecule has 1 aliphatic rings. The SMILES string of the molecule is Cc1ccc(S(=O)(=O)NC2(c3ccccc3)C=C(c3ccccc3)CC(c3ccccc3)[C@H]2C=O)cc1. The van der Waals surface area contributed by atoms with Crippen molar-refractivity contribution < 1.29 is 13.2 Å². The van der Waals surface area contributed by atoms with E-state index in [1.807, 2.05) is 104 Å². The fourth-order valence-electron chi connectivity index (χ4n) is 5.34. The Morgan fingerprint density at radius 1 is 0.784 bits per heavy atom. The lowest BCUT2D eigenvalue weighted by Gasteiger charge is -2.45. The van der Waals surface area contributed by atoms with Gasteiger partial charge in [-0.1, -0.05) is 115 Å². The number of carbonyl (C=O) groups excluding carboxylic acids is 1. The number of nitrogens with one attached hydrogen (secondary N) is 1. The van der Waals surface area contributed by atoms with Gasteiger partial charge in [-0.2, -0.15) is 4.72 Å². The second-order valence-electron chi connectivity index (χ2n) is 9.57. The number of aldehydes is 1. The van der Waals surface area contributed by atoms with Crippen LogP contribution in [0.15, 0.2) is 126 Å². The Morgan fingerprint density at radius 2 is 1.35 bits per heavy atom. The van der Waals surface area contributed by atoms with Gasteiger partial charge in [0.25, 0.3) is 0 Å². The van der Waals surface area contributed by atoms with Gasteiger partial charge in [0.2, 0.25) is 10.0 Å². The van der Waals surface area contributed by atoms with Gasteiger partial charge < -0.3 is 4.79 Å². The molecule has 1 N–H and O–H groups in total. The lowest BCUT2D eigenvalue weighted by molar-refractivity contribution is -0.113. The molecule has 4 nitrogen and oxygen atoms in total. The van der Waals surface area contributed by atoms with Crippen molar-refractivity contribution in [1.82, 2.24) is 4.72 Å². The molecule has 0 saturated heterocycles. The van der Waals surface area contributed by atoms with Crippen molar-refractivity contribution in [3.63, 3.8) is 0 Å². The third-order valence-electron chi connectivity index (χ3n) is 7.21. The molecular formula is C32H29NO3S. The predicted octanol–water partition coefficient (Wildman–Crippen LogP) is 6.26. The summed E-state index contributed by atoms with van der Waals surface area (Å²) in [4.78, 5) is 13.1. The molecule has 0 amide bonds. The molecule has 0 heterocycles. The minimum atomic E-state index is -3.99. The maximum Gasteiger partial charge on any atom is 0.241 e. The first-order chi connectivity index (χ1) is 17.9. The zero-order chi connectivity index (χ0) is 25.9. The van der Waals surface area contributed by atoms with Gasteiger partial charge in [-0.3, -0.25) is 0 Å². The summed E-state index contributed by atoms with van der Waals surface area (Å²) in [6, 6.07) is 36.0. The number of benzene rings is 4. The largest absolute Gasteiger partial charge is 0.303 e. The first kappa shape index (κ1) is 24.9. The van der Waals surface area contributed by atoms with Gasteiger partial charge in [-0.25, -0.2) is 8.42 Å². The zero-order valence-corrected chi connectivity index (χ0v) is 21.4. The highest BCUT2D eigenvalue weighted by molar-refractivity contribution is 7.89. The molecule has 5 rings (SSSR count). The smallest absolute Gasteiger partial charge is 0.241 e. The maximum absolute atomic E-state index is 13.9. The molecule has 2 unspecified atom stereocenters. The molecule has 4 aromatic carbocycles. The third kappa shape index (κ3) is 4.93. The van der Waals surface area contributed by atoms with E-state index in [0.29, 0.717) is 6.42 Å². The summed E-state index contributed by atoms with van der Waals surface area (Å²) in [6.45, 7) is 1.91. The van der Waals surface area contributed by atoms with Crippen molar-refractivity contribution in [3.05, 3.63) is 144 Å². The fourth-order valence-corrected chi connectivity index (χ4v) is 6.71. The molecule has 186 valence electrons. The summed E-state index contributed by atoms with van der Waals surface area (Å²) in [5.74, 6) is -0.912. The first-order valence-electron chi connectivity index (χ1n) is 12.4. The summed E-state index contributed by atoms with van der Waals surface area (Å²) < 4.78 is 30.8. The first-order valence-corrected chi connectivity index (χ1v) is 13.8. The molecular weight excluding hydrogens is 478 g/mol. The standard InChI is InChI=1S/C32H29NO3S/c1-24-17-19-29(20-18-24)37(35,36)33-32(28-15-9-4-10-16-28)22-27(25-11-5-2-6-12-25)21-30(31(32)23-34)26-13-7-3-8-14-26/h2-20,22-23,30-31,33H,21H2,1H3/t30?,31-,32?/m1/s1. The normalized spacial score (nSPS) is 21.7. The number of hydrogen-bond donors (Lipinski definition) is 1. The Balaban J connectivity index is 1.77. The Labute approximate surface area is 218 Å². The molecule has 0 aliphatic heterocycles. The number of hydrogen-bond acceptors (Lipinski definition) is 3. The van der Waals surface area contributed by atoms with Gasteiger partial charge in [0.1, 0.15) is 6.29 Å². The molecule has 0 aromatic heterocycles. The van der Waals surface area contributed by atoms with Gasteiger partial charge in [-0.15, -0.1) is 0 Å². The molecule has 0 spiro atoms. The van der Waals surface area contributed by atoms with E-state index in [1.54, 1.807) is 24.3 Å². The van der Waals surface area contributed by atoms with Crippen LogP contribution in [-0.4, -0.2) is 14.7 Å². The van der Waals surface area contributed by atoms with Crippen LogP contribution in [0.25, 0.3) is 5.57 Å². The molecule has 0 saturated carbocycles. The van der Waals surface area contributed by atoms with Crippen LogP contribution in [-0.2, 0) is 20.4 Å². The third-order valence-corrected chi connectivity index (χ3v) is 8.71. The average Bonchev–Trinajstić information content (AvgIpc) is 2.94. The van der Waals surface area contributed by atoms with Crippen LogP contribution in [0.1, 0.15) is 34.6 Å². The second kappa shape index (κ2) is 10.3. The van der Waals surface area contributed by atoms with Crippen molar-refractivity contribution in [1.29, 1.82) is 0 Å². The van der Waals surface area contributed by atoms with Crippen LogP contribution in [0, 0.1) is 12.8 Å². The van der Waals surface area contributed by atoms with Gasteiger partial charge in [0.05, 0.1) is 10.4 Å². The maximum atomic E-state index is 13.9. The average molecular weight is 508 g/mol. The van der Waals surface area contributed by atoms with Gasteiger partial charge in [-0.05, 0) is 53.7 Å². The van der Waals surface area contributed by atoms with E-state index in [9.17, 15) is 13.2 Å². The summed E-state index contributed by atoms with van der Waals surface area (Å²) >= 11 is 0. The quantitative estimate of drug-likeness (QED) is 0.301. The van der Waals surface area contributed by atoms with E-state index in [-0.39, 0.29) is 10.8 Å². The number of rotatable bonds is 7. The Morgan fingerprint density at radius 3 is 1.95 bits per heavy atom. The number of allylic oxidation sites excluding steroid dienone is 1. The van der Waals surface area contributed by atoms with E-state index in [2.05, 4.69) is 4.72 Å². The molecule has 0 radical (unpaired) electrons. The Bertz CT molecular complexity index is 1500. The van der Waals surface area contributed by atoms with Crippen LogP contribution in [0.2, 0.25) is 0 Å². The van der Waals surface area contributed by atoms with Gasteiger partial charge in [0.15, 0.2) is 0 Å².